The molecule has 0 aromatic heterocycles. The van der Waals surface area contributed by atoms with Crippen LogP contribution in [0.2, 0.25) is 0 Å². The lowest BCUT2D eigenvalue weighted by atomic mass is 10.1. The summed E-state index contributed by atoms with van der Waals surface area (Å²) in [6.07, 6.45) is 2.53. The molecule has 0 bridgehead atoms. The van der Waals surface area contributed by atoms with E-state index in [1.54, 1.807) is 37.4 Å². The predicted molar refractivity (Wildman–Crippen MR) is 96.2 cm³/mol. The number of esters is 1. The number of aryl methyl sites for hydroxylation is 1. The summed E-state index contributed by atoms with van der Waals surface area (Å²) >= 11 is 0. The Morgan fingerprint density at radius 1 is 1.15 bits per heavy atom. The van der Waals surface area contributed by atoms with Crippen LogP contribution in [0.5, 0.6) is 11.5 Å². The van der Waals surface area contributed by atoms with Crippen molar-refractivity contribution in [3.05, 3.63) is 69.3 Å². The summed E-state index contributed by atoms with van der Waals surface area (Å²) in [4.78, 5) is 22.4. The summed E-state index contributed by atoms with van der Waals surface area (Å²) in [6, 6.07) is 9.69. The lowest BCUT2D eigenvalue weighted by Crippen LogP contribution is -2.03. The summed E-state index contributed by atoms with van der Waals surface area (Å²) in [5.74, 6) is 0.535. The number of para-hydroxylation sites is 1. The first kappa shape index (κ1) is 19.0. The minimum Gasteiger partial charge on any atom is -0.493 e. The van der Waals surface area contributed by atoms with Gasteiger partial charge in [-0.2, -0.15) is 0 Å². The molecule has 0 atom stereocenters. The van der Waals surface area contributed by atoms with Gasteiger partial charge in [0.15, 0.2) is 11.5 Å². The van der Waals surface area contributed by atoms with Crippen LogP contribution in [-0.4, -0.2) is 25.1 Å². The Kier molecular flexibility index (Phi) is 6.32. The maximum atomic E-state index is 11.9. The van der Waals surface area contributed by atoms with E-state index < -0.39 is 10.9 Å². The fourth-order valence-corrected chi connectivity index (χ4v) is 2.33. The van der Waals surface area contributed by atoms with E-state index in [2.05, 4.69) is 0 Å². The Labute approximate surface area is 151 Å². The highest BCUT2D eigenvalue weighted by Crippen LogP contribution is 2.30. The second kappa shape index (κ2) is 8.66. The van der Waals surface area contributed by atoms with Gasteiger partial charge in [-0.25, -0.2) is 4.79 Å². The summed E-state index contributed by atoms with van der Waals surface area (Å²) in [6.45, 7) is 1.92. The number of benzene rings is 2. The summed E-state index contributed by atoms with van der Waals surface area (Å²) in [7, 11) is 3.07. The molecule has 0 aliphatic carbocycles. The van der Waals surface area contributed by atoms with Gasteiger partial charge in [0.25, 0.3) is 5.69 Å². The molecule has 0 heterocycles. The molecule has 7 heteroatoms. The van der Waals surface area contributed by atoms with Crippen LogP contribution in [0.4, 0.5) is 5.69 Å². The molecule has 0 fully saturated rings. The number of nitro benzene ring substituents is 1. The molecule has 0 radical (unpaired) electrons. The Balaban J connectivity index is 2.07. The van der Waals surface area contributed by atoms with Gasteiger partial charge >= 0.3 is 5.97 Å². The average Bonchev–Trinajstić information content (AvgIpc) is 2.65. The minimum atomic E-state index is -0.600. The first-order valence-corrected chi connectivity index (χ1v) is 7.76. The van der Waals surface area contributed by atoms with Gasteiger partial charge in [0.05, 0.1) is 24.7 Å². The van der Waals surface area contributed by atoms with Gasteiger partial charge in [-0.05, 0) is 42.3 Å². The van der Waals surface area contributed by atoms with Gasteiger partial charge in [-0.15, -0.1) is 0 Å². The topological polar surface area (TPSA) is 87.9 Å². The molecule has 2 aromatic carbocycles. The van der Waals surface area contributed by atoms with Crippen LogP contribution >= 0.6 is 0 Å². The van der Waals surface area contributed by atoms with E-state index in [-0.39, 0.29) is 12.3 Å². The molecule has 7 nitrogen and oxygen atoms in total. The number of nitro groups is 1. The largest absolute Gasteiger partial charge is 0.493 e. The highest BCUT2D eigenvalue weighted by molar-refractivity contribution is 5.87. The van der Waals surface area contributed by atoms with Crippen molar-refractivity contribution in [2.75, 3.05) is 14.2 Å². The van der Waals surface area contributed by atoms with Gasteiger partial charge in [0.1, 0.15) is 6.61 Å². The molecule has 136 valence electrons. The highest BCUT2D eigenvalue weighted by atomic mass is 16.6. The highest BCUT2D eigenvalue weighted by Gasteiger charge is 2.11. The summed E-state index contributed by atoms with van der Waals surface area (Å²) in [5.41, 5.74) is 1.91. The van der Waals surface area contributed by atoms with Gasteiger partial charge < -0.3 is 14.2 Å². The number of methoxy groups -OCH3 is 2. The number of nitrogens with zero attached hydrogens (tertiary/aromatic N) is 1. The molecule has 0 saturated carbocycles. The number of carbonyl (C=O) groups is 1. The molecule has 0 aliphatic rings. The third kappa shape index (κ3) is 4.60. The Bertz CT molecular complexity index is 844. The second-order valence-electron chi connectivity index (χ2n) is 5.39. The number of hydrogen-bond donors (Lipinski definition) is 0. The normalized spacial score (nSPS) is 10.6. The maximum absolute atomic E-state index is 11.9. The summed E-state index contributed by atoms with van der Waals surface area (Å²) < 4.78 is 15.7. The molecule has 2 aromatic rings. The zero-order chi connectivity index (χ0) is 19.1. The van der Waals surface area contributed by atoms with Gasteiger partial charge in [-0.1, -0.05) is 12.1 Å². The lowest BCUT2D eigenvalue weighted by Gasteiger charge is -2.12. The van der Waals surface area contributed by atoms with Crippen LogP contribution in [0.15, 0.2) is 42.5 Å². The van der Waals surface area contributed by atoms with Gasteiger partial charge in [0.2, 0.25) is 0 Å². The van der Waals surface area contributed by atoms with E-state index in [1.807, 2.05) is 6.92 Å². The molecular formula is C19H19NO6. The molecule has 0 spiro atoms. The van der Waals surface area contributed by atoms with Crippen molar-refractivity contribution in [2.45, 2.75) is 13.5 Å². The van der Waals surface area contributed by atoms with Crippen LogP contribution in [0.3, 0.4) is 0 Å². The first-order chi connectivity index (χ1) is 12.5. The lowest BCUT2D eigenvalue weighted by molar-refractivity contribution is -0.385. The van der Waals surface area contributed by atoms with Gasteiger partial charge in [0, 0.05) is 12.1 Å². The maximum Gasteiger partial charge on any atom is 0.331 e. The molecule has 0 saturated heterocycles. The van der Waals surface area contributed by atoms with E-state index in [0.717, 1.165) is 11.1 Å². The number of hydrogen-bond acceptors (Lipinski definition) is 6. The average molecular weight is 357 g/mol. The zero-order valence-electron chi connectivity index (χ0n) is 14.7. The minimum absolute atomic E-state index is 0.0479. The van der Waals surface area contributed by atoms with Crippen molar-refractivity contribution in [3.8, 4) is 11.5 Å². The summed E-state index contributed by atoms with van der Waals surface area (Å²) in [5, 5.41) is 11.0. The van der Waals surface area contributed by atoms with E-state index in [0.29, 0.717) is 17.1 Å². The number of rotatable bonds is 7. The monoisotopic (exact) mass is 357 g/mol. The standard InChI is InChI=1S/C19H19NO6/c1-13-10-17(24-2)18(25-3)11-15(13)12-26-19(21)9-8-14-6-4-5-7-16(14)20(22)23/h4-11H,12H2,1-3H3/b9-8+. The van der Waals surface area contributed by atoms with Crippen LogP contribution in [0, 0.1) is 17.0 Å². The molecule has 0 unspecified atom stereocenters. The Morgan fingerprint density at radius 2 is 1.81 bits per heavy atom. The molecule has 0 amide bonds. The van der Waals surface area contributed by atoms with E-state index >= 15 is 0 Å². The molecule has 2 rings (SSSR count). The van der Waals surface area contributed by atoms with Crippen LogP contribution < -0.4 is 9.47 Å². The van der Waals surface area contributed by atoms with E-state index in [9.17, 15) is 14.9 Å². The fourth-order valence-electron chi connectivity index (χ4n) is 2.33. The van der Waals surface area contributed by atoms with Crippen molar-refractivity contribution >= 4 is 17.7 Å². The van der Waals surface area contributed by atoms with E-state index in [4.69, 9.17) is 14.2 Å². The molecular weight excluding hydrogens is 338 g/mol. The molecule has 26 heavy (non-hydrogen) atoms. The van der Waals surface area contributed by atoms with Crippen molar-refractivity contribution in [1.29, 1.82) is 0 Å². The zero-order valence-corrected chi connectivity index (χ0v) is 14.7. The van der Waals surface area contributed by atoms with Crippen LogP contribution in [0.25, 0.3) is 6.08 Å². The Morgan fingerprint density at radius 3 is 2.46 bits per heavy atom. The SMILES string of the molecule is COc1cc(C)c(COC(=O)/C=C/c2ccccc2[N+](=O)[O-])cc1OC. The number of ether oxygens (including phenoxy) is 3. The van der Waals surface area contributed by atoms with Crippen molar-refractivity contribution in [2.24, 2.45) is 0 Å². The fraction of sp³-hybridized carbons (Fsp3) is 0.211. The van der Waals surface area contributed by atoms with Gasteiger partial charge in [-0.3, -0.25) is 10.1 Å². The van der Waals surface area contributed by atoms with E-state index in [1.165, 1.54) is 25.3 Å². The van der Waals surface area contributed by atoms with Crippen molar-refractivity contribution < 1.29 is 23.9 Å². The van der Waals surface area contributed by atoms with Crippen molar-refractivity contribution in [3.63, 3.8) is 0 Å². The first-order valence-electron chi connectivity index (χ1n) is 7.76. The third-order valence-electron chi connectivity index (χ3n) is 3.74. The molecule has 0 aliphatic heterocycles. The third-order valence-corrected chi connectivity index (χ3v) is 3.74. The van der Waals surface area contributed by atoms with Crippen LogP contribution in [0.1, 0.15) is 16.7 Å². The van der Waals surface area contributed by atoms with Crippen LogP contribution in [-0.2, 0) is 16.1 Å². The number of carbonyl (C=O) groups excluding carboxylic acids is 1. The smallest absolute Gasteiger partial charge is 0.331 e. The second-order valence-corrected chi connectivity index (χ2v) is 5.39. The molecule has 0 N–H and O–H groups in total. The predicted octanol–water partition coefficient (Wildman–Crippen LogP) is 3.68. The van der Waals surface area contributed by atoms with Crippen molar-refractivity contribution in [1.82, 2.24) is 0 Å². The quantitative estimate of drug-likeness (QED) is 0.325. The Hall–Kier alpha value is -3.35.